The highest BCUT2D eigenvalue weighted by Gasteiger charge is 2.09. The number of hydrogen-bond acceptors (Lipinski definition) is 5. The first-order chi connectivity index (χ1) is 13.1. The first-order valence-corrected chi connectivity index (χ1v) is 8.34. The lowest BCUT2D eigenvalue weighted by molar-refractivity contribution is -0.123. The molecule has 0 radical (unpaired) electrons. The number of ether oxygens (including phenoxy) is 1. The van der Waals surface area contributed by atoms with Crippen molar-refractivity contribution < 1.29 is 14.3 Å². The van der Waals surface area contributed by atoms with Gasteiger partial charge in [0.25, 0.3) is 11.8 Å². The minimum absolute atomic E-state index is 0.0885. The van der Waals surface area contributed by atoms with Gasteiger partial charge in [0.05, 0.1) is 18.3 Å². The number of hydrogen-bond donors (Lipinski definition) is 2. The molecule has 0 heterocycles. The number of rotatable bonds is 8. The summed E-state index contributed by atoms with van der Waals surface area (Å²) in [7, 11) is 0. The van der Waals surface area contributed by atoms with Gasteiger partial charge < -0.3 is 10.1 Å². The molecule has 2 aromatic rings. The lowest BCUT2D eigenvalue weighted by atomic mass is 10.1. The Bertz CT molecular complexity index is 827. The summed E-state index contributed by atoms with van der Waals surface area (Å²) in [6.45, 7) is 1.82. The predicted molar refractivity (Wildman–Crippen MR) is 101 cm³/mol. The van der Waals surface area contributed by atoms with Gasteiger partial charge in [-0.2, -0.15) is 10.4 Å². The van der Waals surface area contributed by atoms with Crippen LogP contribution >= 0.6 is 0 Å². The Balaban J connectivity index is 1.77. The molecule has 2 N–H and O–H groups in total. The Morgan fingerprint density at radius 2 is 1.85 bits per heavy atom. The second kappa shape index (κ2) is 10.4. The van der Waals surface area contributed by atoms with E-state index in [1.54, 1.807) is 30.3 Å². The molecule has 0 aromatic heterocycles. The molecule has 7 nitrogen and oxygen atoms in total. The molecule has 0 bridgehead atoms. The van der Waals surface area contributed by atoms with Gasteiger partial charge in [0.2, 0.25) is 0 Å². The maximum atomic E-state index is 12.0. The Kier molecular flexibility index (Phi) is 7.54. The summed E-state index contributed by atoms with van der Waals surface area (Å²) in [4.78, 5) is 23.1. The quantitative estimate of drug-likeness (QED) is 0.554. The fourth-order valence-electron chi connectivity index (χ4n) is 2.20. The van der Waals surface area contributed by atoms with Crippen LogP contribution in [0.2, 0.25) is 0 Å². The van der Waals surface area contributed by atoms with E-state index in [1.165, 1.54) is 6.21 Å². The summed E-state index contributed by atoms with van der Waals surface area (Å²) in [5.41, 5.74) is 4.00. The molecule has 0 aliphatic rings. The van der Waals surface area contributed by atoms with E-state index in [9.17, 15) is 9.59 Å². The first kappa shape index (κ1) is 19.7. The van der Waals surface area contributed by atoms with Crippen LogP contribution in [0.15, 0.2) is 59.7 Å². The van der Waals surface area contributed by atoms with Crippen molar-refractivity contribution in [1.29, 1.82) is 5.26 Å². The van der Waals surface area contributed by atoms with Gasteiger partial charge >= 0.3 is 0 Å². The third-order valence-electron chi connectivity index (χ3n) is 3.57. The van der Waals surface area contributed by atoms with Crippen LogP contribution in [0.1, 0.15) is 30.5 Å². The molecule has 0 unspecified atom stereocenters. The maximum Gasteiger partial charge on any atom is 0.258 e. The molecule has 0 aliphatic carbocycles. The molecule has 0 saturated carbocycles. The van der Waals surface area contributed by atoms with Crippen LogP contribution in [-0.2, 0) is 9.59 Å². The Morgan fingerprint density at radius 1 is 1.15 bits per heavy atom. The Hall–Kier alpha value is -3.66. The number of hydrazone groups is 1. The molecule has 2 aromatic carbocycles. The maximum absolute atomic E-state index is 12.0. The smallest absolute Gasteiger partial charge is 0.258 e. The Labute approximate surface area is 157 Å². The van der Waals surface area contributed by atoms with Crippen molar-refractivity contribution in [2.75, 3.05) is 6.61 Å². The predicted octanol–water partition coefficient (Wildman–Crippen LogP) is 2.31. The van der Waals surface area contributed by atoms with Gasteiger partial charge in [-0.05, 0) is 42.3 Å². The van der Waals surface area contributed by atoms with E-state index in [0.717, 1.165) is 11.1 Å². The van der Waals surface area contributed by atoms with Crippen LogP contribution < -0.4 is 15.5 Å². The number of carbonyl (C=O) groups excluding carboxylic acids is 2. The third-order valence-corrected chi connectivity index (χ3v) is 3.57. The number of carbonyl (C=O) groups is 2. The molecular formula is C20H20N4O3. The minimum atomic E-state index is -0.468. The van der Waals surface area contributed by atoms with Crippen molar-refractivity contribution in [2.45, 2.75) is 19.4 Å². The second-order valence-corrected chi connectivity index (χ2v) is 5.69. The highest BCUT2D eigenvalue weighted by molar-refractivity contribution is 5.83. The number of amides is 2. The summed E-state index contributed by atoms with van der Waals surface area (Å²) in [6, 6.07) is 18.2. The van der Waals surface area contributed by atoms with Crippen molar-refractivity contribution >= 4 is 18.0 Å². The number of benzene rings is 2. The molecule has 0 aliphatic heterocycles. The van der Waals surface area contributed by atoms with E-state index in [-0.39, 0.29) is 25.0 Å². The summed E-state index contributed by atoms with van der Waals surface area (Å²) in [5.74, 6) is -0.134. The fraction of sp³-hybridized carbons (Fsp3) is 0.200. The van der Waals surface area contributed by atoms with Gasteiger partial charge in [-0.3, -0.25) is 9.59 Å². The molecule has 7 heteroatoms. The molecule has 138 valence electrons. The lowest BCUT2D eigenvalue weighted by Gasteiger charge is -2.14. The van der Waals surface area contributed by atoms with E-state index < -0.39 is 5.91 Å². The zero-order valence-corrected chi connectivity index (χ0v) is 14.9. The van der Waals surface area contributed by atoms with Crippen LogP contribution in [-0.4, -0.2) is 24.6 Å². The van der Waals surface area contributed by atoms with Crippen LogP contribution in [0.3, 0.4) is 0 Å². The zero-order chi connectivity index (χ0) is 19.5. The topological polar surface area (TPSA) is 104 Å². The average molecular weight is 364 g/mol. The van der Waals surface area contributed by atoms with Gasteiger partial charge in [-0.15, -0.1) is 0 Å². The number of nitrogens with zero attached hydrogens (tertiary/aromatic N) is 2. The van der Waals surface area contributed by atoms with Gasteiger partial charge in [-0.1, -0.05) is 30.3 Å². The van der Waals surface area contributed by atoms with Crippen LogP contribution in [0.25, 0.3) is 0 Å². The minimum Gasteiger partial charge on any atom is -0.484 e. The number of nitriles is 1. The van der Waals surface area contributed by atoms with E-state index in [0.29, 0.717) is 5.75 Å². The van der Waals surface area contributed by atoms with Crippen molar-refractivity contribution in [2.24, 2.45) is 5.10 Å². The van der Waals surface area contributed by atoms with Crippen molar-refractivity contribution in [3.8, 4) is 11.8 Å². The van der Waals surface area contributed by atoms with Gasteiger partial charge in [0, 0.05) is 0 Å². The standard InChI is InChI=1S/C20H20N4O3/c1-15(17-5-3-2-4-6-17)23-20(26)14-27-18-9-7-16(8-10-18)13-22-24-19(25)11-12-21/h2-10,13,15H,11,14H2,1H3,(H,23,26)(H,24,25)/b22-13-/t15-/m0/s1. The van der Waals surface area contributed by atoms with E-state index in [1.807, 2.05) is 37.3 Å². The SMILES string of the molecule is C[C@H](NC(=O)COc1ccc(/C=N\NC(=O)CC#N)cc1)c1ccccc1. The molecule has 0 spiro atoms. The van der Waals surface area contributed by atoms with Crippen LogP contribution in [0, 0.1) is 11.3 Å². The lowest BCUT2D eigenvalue weighted by Crippen LogP contribution is -2.31. The highest BCUT2D eigenvalue weighted by atomic mass is 16.5. The molecule has 2 rings (SSSR count). The van der Waals surface area contributed by atoms with E-state index in [4.69, 9.17) is 10.00 Å². The molecule has 1 atom stereocenters. The van der Waals surface area contributed by atoms with Gasteiger partial charge in [-0.25, -0.2) is 5.43 Å². The van der Waals surface area contributed by atoms with E-state index in [2.05, 4.69) is 15.8 Å². The van der Waals surface area contributed by atoms with Gasteiger partial charge in [0.1, 0.15) is 12.2 Å². The molecule has 27 heavy (non-hydrogen) atoms. The normalized spacial score (nSPS) is 11.4. The molecule has 0 fully saturated rings. The summed E-state index contributed by atoms with van der Waals surface area (Å²) >= 11 is 0. The summed E-state index contributed by atoms with van der Waals surface area (Å²) in [6.07, 6.45) is 1.21. The second-order valence-electron chi connectivity index (χ2n) is 5.69. The molecular weight excluding hydrogens is 344 g/mol. The molecule has 0 saturated heterocycles. The van der Waals surface area contributed by atoms with Crippen molar-refractivity contribution in [1.82, 2.24) is 10.7 Å². The van der Waals surface area contributed by atoms with Crippen molar-refractivity contribution in [3.63, 3.8) is 0 Å². The third kappa shape index (κ3) is 7.00. The van der Waals surface area contributed by atoms with Gasteiger partial charge in [0.15, 0.2) is 6.61 Å². The highest BCUT2D eigenvalue weighted by Crippen LogP contribution is 2.13. The fourth-order valence-corrected chi connectivity index (χ4v) is 2.20. The average Bonchev–Trinajstić information content (AvgIpc) is 2.68. The van der Waals surface area contributed by atoms with Crippen LogP contribution in [0.5, 0.6) is 5.75 Å². The van der Waals surface area contributed by atoms with Crippen molar-refractivity contribution in [3.05, 3.63) is 65.7 Å². The number of nitrogens with one attached hydrogen (secondary N) is 2. The molecule has 2 amide bonds. The van der Waals surface area contributed by atoms with E-state index >= 15 is 0 Å². The largest absolute Gasteiger partial charge is 0.484 e. The zero-order valence-electron chi connectivity index (χ0n) is 14.9. The Morgan fingerprint density at radius 3 is 2.52 bits per heavy atom. The summed E-state index contributed by atoms with van der Waals surface area (Å²) < 4.78 is 5.47. The monoisotopic (exact) mass is 364 g/mol. The summed E-state index contributed by atoms with van der Waals surface area (Å²) in [5, 5.41) is 15.0. The first-order valence-electron chi connectivity index (χ1n) is 8.34. The van der Waals surface area contributed by atoms with Crippen LogP contribution in [0.4, 0.5) is 0 Å².